The Morgan fingerprint density at radius 2 is 2.00 bits per heavy atom. The minimum atomic E-state index is -3.88. The van der Waals surface area contributed by atoms with Crippen molar-refractivity contribution in [1.29, 1.82) is 0 Å². The molecule has 1 atom stereocenters. The van der Waals surface area contributed by atoms with Gasteiger partial charge in [0.25, 0.3) is 0 Å². The summed E-state index contributed by atoms with van der Waals surface area (Å²) < 4.78 is 33.9. The van der Waals surface area contributed by atoms with E-state index in [2.05, 4.69) is 4.72 Å². The number of carbonyl (C=O) groups is 1. The van der Waals surface area contributed by atoms with Gasteiger partial charge in [-0.25, -0.2) is 9.10 Å². The van der Waals surface area contributed by atoms with Gasteiger partial charge in [0.1, 0.15) is 5.75 Å². The molecule has 0 saturated carbocycles. The molecule has 1 aliphatic heterocycles. The monoisotopic (exact) mass is 314 g/mol. The van der Waals surface area contributed by atoms with Crippen LogP contribution >= 0.6 is 0 Å². The molecular formula is C13H18N2O5S. The normalized spacial score (nSPS) is 18.8. The van der Waals surface area contributed by atoms with Gasteiger partial charge in [0, 0.05) is 5.54 Å². The number of aliphatic carboxylic acids is 1. The third-order valence-corrected chi connectivity index (χ3v) is 4.53. The van der Waals surface area contributed by atoms with Crippen molar-refractivity contribution in [3.8, 4) is 5.75 Å². The van der Waals surface area contributed by atoms with Crippen molar-refractivity contribution in [2.24, 2.45) is 0 Å². The number of hydrogen-bond donors (Lipinski definition) is 2. The first kappa shape index (κ1) is 15.6. The smallest absolute Gasteiger partial charge is 0.346 e. The van der Waals surface area contributed by atoms with Crippen LogP contribution in [-0.4, -0.2) is 37.7 Å². The molecule has 1 heterocycles. The zero-order chi connectivity index (χ0) is 15.8. The summed E-state index contributed by atoms with van der Waals surface area (Å²) in [6, 6.07) is 6.45. The number of para-hydroxylation sites is 2. The molecule has 1 aliphatic rings. The number of fused-ring (bicyclic) bond motifs is 1. The third kappa shape index (κ3) is 3.45. The Bertz CT molecular complexity index is 651. The highest BCUT2D eigenvalue weighted by atomic mass is 32.2. The Balaban J connectivity index is 2.44. The number of anilines is 1. The van der Waals surface area contributed by atoms with Gasteiger partial charge in [0.05, 0.1) is 12.2 Å². The highest BCUT2D eigenvalue weighted by Gasteiger charge is 2.37. The van der Waals surface area contributed by atoms with Gasteiger partial charge < -0.3 is 9.84 Å². The maximum Gasteiger partial charge on any atom is 0.346 e. The van der Waals surface area contributed by atoms with E-state index in [4.69, 9.17) is 9.84 Å². The SMILES string of the molecule is CC(C)(C)NS(=O)(=O)N1CC(C(=O)O)Oc2ccccc21. The molecule has 8 heteroatoms. The van der Waals surface area contributed by atoms with Crippen LogP contribution in [0.4, 0.5) is 5.69 Å². The van der Waals surface area contributed by atoms with Crippen LogP contribution in [0.1, 0.15) is 20.8 Å². The van der Waals surface area contributed by atoms with E-state index in [1.807, 2.05) is 0 Å². The molecule has 0 saturated heterocycles. The fourth-order valence-corrected chi connectivity index (χ4v) is 3.63. The average molecular weight is 314 g/mol. The molecule has 0 aromatic heterocycles. The minimum absolute atomic E-state index is 0.232. The molecule has 2 N–H and O–H groups in total. The van der Waals surface area contributed by atoms with Crippen LogP contribution in [0.15, 0.2) is 24.3 Å². The minimum Gasteiger partial charge on any atom is -0.478 e. The van der Waals surface area contributed by atoms with Gasteiger partial charge in [0.15, 0.2) is 0 Å². The number of benzene rings is 1. The number of carboxylic acid groups (broad SMARTS) is 1. The highest BCUT2D eigenvalue weighted by Crippen LogP contribution is 2.34. The van der Waals surface area contributed by atoms with Gasteiger partial charge in [-0.1, -0.05) is 12.1 Å². The van der Waals surface area contributed by atoms with Gasteiger partial charge in [-0.05, 0) is 32.9 Å². The Morgan fingerprint density at radius 1 is 1.38 bits per heavy atom. The van der Waals surface area contributed by atoms with E-state index in [-0.39, 0.29) is 12.3 Å². The molecule has 1 aromatic rings. The van der Waals surface area contributed by atoms with E-state index in [0.29, 0.717) is 5.69 Å². The van der Waals surface area contributed by atoms with E-state index in [9.17, 15) is 13.2 Å². The summed E-state index contributed by atoms with van der Waals surface area (Å²) in [5, 5.41) is 9.11. The summed E-state index contributed by atoms with van der Waals surface area (Å²) in [5.74, 6) is -0.976. The summed E-state index contributed by atoms with van der Waals surface area (Å²) in [5.41, 5.74) is -0.350. The van der Waals surface area contributed by atoms with Crippen molar-refractivity contribution in [3.63, 3.8) is 0 Å². The van der Waals surface area contributed by atoms with Crippen molar-refractivity contribution in [3.05, 3.63) is 24.3 Å². The highest BCUT2D eigenvalue weighted by molar-refractivity contribution is 7.91. The first-order valence-corrected chi connectivity index (χ1v) is 7.84. The number of nitrogens with one attached hydrogen (secondary N) is 1. The fourth-order valence-electron chi connectivity index (χ4n) is 2.00. The number of rotatable bonds is 3. The summed E-state index contributed by atoms with van der Waals surface area (Å²) in [4.78, 5) is 11.2. The zero-order valence-electron chi connectivity index (χ0n) is 12.0. The zero-order valence-corrected chi connectivity index (χ0v) is 12.8. The Kier molecular flexibility index (Phi) is 3.85. The first-order chi connectivity index (χ1) is 9.60. The average Bonchev–Trinajstić information content (AvgIpc) is 2.34. The predicted octanol–water partition coefficient (Wildman–Crippen LogP) is 0.972. The second-order valence-electron chi connectivity index (χ2n) is 5.80. The topological polar surface area (TPSA) is 95.9 Å². The molecule has 0 radical (unpaired) electrons. The van der Waals surface area contributed by atoms with Crippen molar-refractivity contribution in [2.75, 3.05) is 10.8 Å². The summed E-state index contributed by atoms with van der Waals surface area (Å²) in [6.07, 6.45) is -1.24. The van der Waals surface area contributed by atoms with Crippen LogP contribution in [0.5, 0.6) is 5.75 Å². The summed E-state index contributed by atoms with van der Waals surface area (Å²) in [6.45, 7) is 4.86. The van der Waals surface area contributed by atoms with Gasteiger partial charge >= 0.3 is 16.2 Å². The van der Waals surface area contributed by atoms with Gasteiger partial charge in [-0.15, -0.1) is 0 Å². The van der Waals surface area contributed by atoms with Crippen LogP contribution in [0.25, 0.3) is 0 Å². The van der Waals surface area contributed by atoms with E-state index in [0.717, 1.165) is 4.31 Å². The number of carboxylic acids is 1. The molecule has 21 heavy (non-hydrogen) atoms. The third-order valence-electron chi connectivity index (χ3n) is 2.74. The van der Waals surface area contributed by atoms with Crippen LogP contribution < -0.4 is 13.8 Å². The van der Waals surface area contributed by atoms with Gasteiger partial charge in [-0.3, -0.25) is 0 Å². The van der Waals surface area contributed by atoms with Crippen LogP contribution in [0.2, 0.25) is 0 Å². The fraction of sp³-hybridized carbons (Fsp3) is 0.462. The second-order valence-corrected chi connectivity index (χ2v) is 7.40. The molecular weight excluding hydrogens is 296 g/mol. The molecule has 116 valence electrons. The van der Waals surface area contributed by atoms with Gasteiger partial charge in [0.2, 0.25) is 6.10 Å². The summed E-state index contributed by atoms with van der Waals surface area (Å²) >= 11 is 0. The molecule has 0 amide bonds. The Hall–Kier alpha value is -1.80. The quantitative estimate of drug-likeness (QED) is 0.867. The summed E-state index contributed by atoms with van der Waals surface area (Å²) in [7, 11) is -3.88. The van der Waals surface area contributed by atoms with Gasteiger partial charge in [-0.2, -0.15) is 13.1 Å². The second kappa shape index (κ2) is 5.19. The van der Waals surface area contributed by atoms with E-state index in [1.165, 1.54) is 0 Å². The molecule has 7 nitrogen and oxygen atoms in total. The van der Waals surface area contributed by atoms with E-state index in [1.54, 1.807) is 45.0 Å². The lowest BCUT2D eigenvalue weighted by atomic mass is 10.1. The van der Waals surface area contributed by atoms with Crippen molar-refractivity contribution in [2.45, 2.75) is 32.4 Å². The molecule has 1 unspecified atom stereocenters. The lowest BCUT2D eigenvalue weighted by Crippen LogP contribution is -2.54. The van der Waals surface area contributed by atoms with Crippen molar-refractivity contribution in [1.82, 2.24) is 4.72 Å². The van der Waals surface area contributed by atoms with Crippen LogP contribution in [-0.2, 0) is 15.0 Å². The first-order valence-electron chi connectivity index (χ1n) is 6.40. The molecule has 0 spiro atoms. The standard InChI is InChI=1S/C13H18N2O5S/c1-13(2,3)14-21(18,19)15-8-11(12(16)17)20-10-7-5-4-6-9(10)15/h4-7,11,14H,8H2,1-3H3,(H,16,17). The van der Waals surface area contributed by atoms with Crippen LogP contribution in [0, 0.1) is 0 Å². The lowest BCUT2D eigenvalue weighted by molar-refractivity contribution is -0.144. The largest absolute Gasteiger partial charge is 0.478 e. The maximum atomic E-state index is 12.5. The molecule has 2 rings (SSSR count). The van der Waals surface area contributed by atoms with Crippen molar-refractivity contribution >= 4 is 21.9 Å². The number of nitrogens with zero attached hydrogens (tertiary/aromatic N) is 1. The lowest BCUT2D eigenvalue weighted by Gasteiger charge is -2.35. The maximum absolute atomic E-state index is 12.5. The van der Waals surface area contributed by atoms with E-state index < -0.39 is 27.8 Å². The molecule has 0 bridgehead atoms. The van der Waals surface area contributed by atoms with E-state index >= 15 is 0 Å². The predicted molar refractivity (Wildman–Crippen MR) is 77.6 cm³/mol. The van der Waals surface area contributed by atoms with Crippen LogP contribution in [0.3, 0.4) is 0 Å². The Labute approximate surface area is 123 Å². The number of ether oxygens (including phenoxy) is 1. The molecule has 0 fully saturated rings. The van der Waals surface area contributed by atoms with Crippen molar-refractivity contribution < 1.29 is 23.1 Å². The number of hydrogen-bond acceptors (Lipinski definition) is 4. The molecule has 0 aliphatic carbocycles. The Morgan fingerprint density at radius 3 is 2.57 bits per heavy atom. The molecule has 1 aromatic carbocycles.